The van der Waals surface area contributed by atoms with Crippen LogP contribution in [0.5, 0.6) is 0 Å². The van der Waals surface area contributed by atoms with Crippen LogP contribution in [0.2, 0.25) is 0 Å². The van der Waals surface area contributed by atoms with E-state index in [1.165, 1.54) is 16.2 Å². The van der Waals surface area contributed by atoms with Gasteiger partial charge < -0.3 is 0 Å². The molecule has 1 radical (unpaired) electrons. The predicted molar refractivity (Wildman–Crippen MR) is 83.5 cm³/mol. The molecule has 0 atom stereocenters. The van der Waals surface area contributed by atoms with Crippen LogP contribution in [-0.4, -0.2) is 4.98 Å². The minimum Gasteiger partial charge on any atom is -0.256 e. The van der Waals surface area contributed by atoms with E-state index in [1.807, 2.05) is 30.5 Å². The van der Waals surface area contributed by atoms with E-state index in [4.69, 9.17) is 0 Å². The maximum Gasteiger partial charge on any atom is 0.0714 e. The molecule has 0 spiro atoms. The van der Waals surface area contributed by atoms with Gasteiger partial charge in [-0.1, -0.05) is 60.7 Å². The molecule has 0 N–H and O–H groups in total. The van der Waals surface area contributed by atoms with Crippen molar-refractivity contribution in [2.45, 2.75) is 0 Å². The largest absolute Gasteiger partial charge is 0.256 e. The Morgan fingerprint density at radius 3 is 2.60 bits per heavy atom. The molecule has 3 aromatic carbocycles. The molecule has 0 aliphatic heterocycles. The second-order valence-electron chi connectivity index (χ2n) is 4.85. The quantitative estimate of drug-likeness (QED) is 0.442. The molecule has 0 bridgehead atoms. The zero-order chi connectivity index (χ0) is 13.4. The first-order chi connectivity index (χ1) is 9.92. The first kappa shape index (κ1) is 11.2. The highest BCUT2D eigenvalue weighted by Crippen LogP contribution is 2.27. The molecule has 0 amide bonds. The highest BCUT2D eigenvalue weighted by atomic mass is 14.6. The van der Waals surface area contributed by atoms with Crippen molar-refractivity contribution in [3.63, 3.8) is 0 Å². The monoisotopic (exact) mass is 254 g/mol. The summed E-state index contributed by atoms with van der Waals surface area (Å²) >= 11 is 0. The van der Waals surface area contributed by atoms with Crippen molar-refractivity contribution in [2.24, 2.45) is 0 Å². The molecular weight excluding hydrogens is 242 g/mol. The van der Waals surface area contributed by atoms with Gasteiger partial charge in [0.05, 0.1) is 5.52 Å². The fraction of sp³-hybridized carbons (Fsp3) is 0. The van der Waals surface area contributed by atoms with E-state index in [1.54, 1.807) is 0 Å². The Balaban J connectivity index is 1.99. The third-order valence-electron chi connectivity index (χ3n) is 3.61. The number of hydrogen-bond acceptors (Lipinski definition) is 1. The highest BCUT2D eigenvalue weighted by Gasteiger charge is 2.03. The summed E-state index contributed by atoms with van der Waals surface area (Å²) in [5.41, 5.74) is 3.28. The molecule has 1 nitrogen and oxygen atoms in total. The van der Waals surface area contributed by atoms with E-state index in [9.17, 15) is 0 Å². The van der Waals surface area contributed by atoms with Gasteiger partial charge in [0.1, 0.15) is 0 Å². The zero-order valence-corrected chi connectivity index (χ0v) is 10.9. The van der Waals surface area contributed by atoms with E-state index >= 15 is 0 Å². The first-order valence-electron chi connectivity index (χ1n) is 6.66. The molecule has 1 heteroatoms. The van der Waals surface area contributed by atoms with Crippen molar-refractivity contribution >= 4 is 21.7 Å². The van der Waals surface area contributed by atoms with E-state index in [0.29, 0.717) is 0 Å². The third-order valence-corrected chi connectivity index (χ3v) is 3.61. The fourth-order valence-electron chi connectivity index (χ4n) is 2.60. The van der Waals surface area contributed by atoms with Gasteiger partial charge >= 0.3 is 0 Å². The number of nitrogens with zero attached hydrogens (tertiary/aromatic N) is 1. The lowest BCUT2D eigenvalue weighted by atomic mass is 10.0. The van der Waals surface area contributed by atoms with Gasteiger partial charge in [-0.05, 0) is 28.6 Å². The fourth-order valence-corrected chi connectivity index (χ4v) is 2.60. The molecule has 0 saturated carbocycles. The average molecular weight is 254 g/mol. The zero-order valence-electron chi connectivity index (χ0n) is 10.9. The Kier molecular flexibility index (Phi) is 2.49. The lowest BCUT2D eigenvalue weighted by Crippen LogP contribution is -1.84. The van der Waals surface area contributed by atoms with Crippen molar-refractivity contribution in [1.82, 2.24) is 4.98 Å². The summed E-state index contributed by atoms with van der Waals surface area (Å²) in [6.45, 7) is 0. The molecule has 0 aliphatic rings. The molecule has 1 aromatic heterocycles. The molecule has 1 heterocycles. The van der Waals surface area contributed by atoms with E-state index in [2.05, 4.69) is 53.5 Å². The second-order valence-corrected chi connectivity index (χ2v) is 4.85. The molecule has 4 aromatic rings. The second kappa shape index (κ2) is 4.46. The highest BCUT2D eigenvalue weighted by molar-refractivity contribution is 6.06. The lowest BCUT2D eigenvalue weighted by Gasteiger charge is -2.06. The molecule has 0 saturated heterocycles. The van der Waals surface area contributed by atoms with Crippen molar-refractivity contribution in [1.29, 1.82) is 0 Å². The Morgan fingerprint density at radius 1 is 0.800 bits per heavy atom. The summed E-state index contributed by atoms with van der Waals surface area (Å²) in [6, 6.07) is 26.1. The van der Waals surface area contributed by atoms with Gasteiger partial charge in [-0.15, -0.1) is 0 Å². The van der Waals surface area contributed by atoms with Crippen LogP contribution < -0.4 is 0 Å². The standard InChI is InChI=1S/C19H12N/c1-2-6-14(7-3-1)15-10-11-18-17-9-5-4-8-16(17)13-20-19(18)12-15/h1-6,8-13H. The number of rotatable bonds is 1. The molecule has 0 fully saturated rings. The topological polar surface area (TPSA) is 12.9 Å². The van der Waals surface area contributed by atoms with Crippen LogP contribution in [-0.2, 0) is 0 Å². The molecule has 0 aliphatic carbocycles. The van der Waals surface area contributed by atoms with Gasteiger partial charge in [-0.25, -0.2) is 0 Å². The molecule has 0 unspecified atom stereocenters. The van der Waals surface area contributed by atoms with Gasteiger partial charge in [-0.3, -0.25) is 4.98 Å². The number of hydrogen-bond donors (Lipinski definition) is 0. The Hall–Kier alpha value is -2.67. The molecule has 4 rings (SSSR count). The lowest BCUT2D eigenvalue weighted by molar-refractivity contribution is 1.44. The van der Waals surface area contributed by atoms with Gasteiger partial charge in [0.15, 0.2) is 0 Å². The summed E-state index contributed by atoms with van der Waals surface area (Å²) < 4.78 is 0. The SMILES string of the molecule is [c]1ccccc1-c1ccc2c(c1)ncc1ccccc12. The van der Waals surface area contributed by atoms with E-state index < -0.39 is 0 Å². The van der Waals surface area contributed by atoms with Crippen LogP contribution in [0.3, 0.4) is 0 Å². The third kappa shape index (κ3) is 1.76. The van der Waals surface area contributed by atoms with Gasteiger partial charge in [0, 0.05) is 17.0 Å². The number of benzene rings is 3. The Morgan fingerprint density at radius 2 is 1.70 bits per heavy atom. The van der Waals surface area contributed by atoms with Crippen LogP contribution in [0.25, 0.3) is 32.8 Å². The number of fused-ring (bicyclic) bond motifs is 3. The summed E-state index contributed by atoms with van der Waals surface area (Å²) in [5, 5.41) is 3.63. The Labute approximate surface area is 117 Å². The van der Waals surface area contributed by atoms with Crippen LogP contribution >= 0.6 is 0 Å². The van der Waals surface area contributed by atoms with Crippen LogP contribution in [0.15, 0.2) is 72.9 Å². The maximum absolute atomic E-state index is 4.58. The smallest absolute Gasteiger partial charge is 0.0714 e. The number of aromatic nitrogens is 1. The summed E-state index contributed by atoms with van der Waals surface area (Å²) in [6.07, 6.45) is 1.94. The van der Waals surface area contributed by atoms with Crippen molar-refractivity contribution in [3.05, 3.63) is 79.0 Å². The van der Waals surface area contributed by atoms with E-state index in [0.717, 1.165) is 16.6 Å². The average Bonchev–Trinajstić information content (AvgIpc) is 2.55. The minimum atomic E-state index is 1.03. The Bertz CT molecular complexity index is 895. The summed E-state index contributed by atoms with van der Waals surface area (Å²) in [5.74, 6) is 0. The van der Waals surface area contributed by atoms with Crippen molar-refractivity contribution < 1.29 is 0 Å². The minimum absolute atomic E-state index is 1.03. The van der Waals surface area contributed by atoms with Crippen LogP contribution in [0, 0.1) is 6.07 Å². The molecule has 20 heavy (non-hydrogen) atoms. The molecular formula is C19H12N. The molecule has 93 valence electrons. The predicted octanol–water partition coefficient (Wildman–Crippen LogP) is 4.86. The summed E-state index contributed by atoms with van der Waals surface area (Å²) in [7, 11) is 0. The van der Waals surface area contributed by atoms with Crippen LogP contribution in [0.4, 0.5) is 0 Å². The van der Waals surface area contributed by atoms with Crippen molar-refractivity contribution in [2.75, 3.05) is 0 Å². The maximum atomic E-state index is 4.58. The van der Waals surface area contributed by atoms with Crippen molar-refractivity contribution in [3.8, 4) is 11.1 Å². The van der Waals surface area contributed by atoms with Gasteiger partial charge in [0.25, 0.3) is 0 Å². The van der Waals surface area contributed by atoms with Gasteiger partial charge in [-0.2, -0.15) is 0 Å². The normalized spacial score (nSPS) is 11.0. The van der Waals surface area contributed by atoms with Crippen LogP contribution in [0.1, 0.15) is 0 Å². The van der Waals surface area contributed by atoms with Gasteiger partial charge in [0.2, 0.25) is 0 Å². The summed E-state index contributed by atoms with van der Waals surface area (Å²) in [4.78, 5) is 4.58. The van der Waals surface area contributed by atoms with E-state index in [-0.39, 0.29) is 0 Å². The first-order valence-corrected chi connectivity index (χ1v) is 6.66. The number of pyridine rings is 1.